The van der Waals surface area contributed by atoms with Crippen molar-refractivity contribution >= 4 is 97.1 Å². The molecule has 0 aliphatic heterocycles. The van der Waals surface area contributed by atoms with Gasteiger partial charge in [0.05, 0.1) is 11.4 Å². The smallest absolute Gasteiger partial charge is 0.0732 e. The minimum atomic E-state index is 1.10. The van der Waals surface area contributed by atoms with Gasteiger partial charge in [-0.25, -0.2) is 0 Å². The summed E-state index contributed by atoms with van der Waals surface area (Å²) in [5.74, 6) is 0. The molecule has 0 saturated heterocycles. The summed E-state index contributed by atoms with van der Waals surface area (Å²) in [4.78, 5) is 4.91. The van der Waals surface area contributed by atoms with E-state index in [0.717, 1.165) is 34.1 Å². The molecular formula is C49H34N2S2. The van der Waals surface area contributed by atoms with Crippen LogP contribution in [0.3, 0.4) is 0 Å². The number of hydrogen-bond donors (Lipinski definition) is 0. The normalized spacial score (nSPS) is 11.5. The molecule has 4 heteroatoms. The maximum absolute atomic E-state index is 2.46. The Bertz CT molecular complexity index is 2910. The summed E-state index contributed by atoms with van der Waals surface area (Å²) in [7, 11) is 0. The molecule has 0 amide bonds. The van der Waals surface area contributed by atoms with Gasteiger partial charge in [0.1, 0.15) is 0 Å². The summed E-state index contributed by atoms with van der Waals surface area (Å²) in [5.41, 5.74) is 10.3. The number of anilines is 6. The zero-order chi connectivity index (χ0) is 35.3. The molecule has 0 saturated carbocycles. The molecule has 0 unspecified atom stereocenters. The fourth-order valence-corrected chi connectivity index (χ4v) is 9.99. The number of rotatable bonds is 7. The van der Waals surface area contributed by atoms with Gasteiger partial charge in [-0.1, -0.05) is 115 Å². The number of hydrogen-bond acceptors (Lipinski definition) is 4. The Morgan fingerprint density at radius 1 is 0.340 bits per heavy atom. The van der Waals surface area contributed by atoms with E-state index in [9.17, 15) is 0 Å². The highest BCUT2D eigenvalue weighted by atomic mass is 32.1. The maximum Gasteiger partial charge on any atom is 0.0732 e. The number of fused-ring (bicyclic) bond motifs is 6. The van der Waals surface area contributed by atoms with E-state index in [1.54, 1.807) is 0 Å². The quantitative estimate of drug-likeness (QED) is 0.162. The zero-order valence-corrected chi connectivity index (χ0v) is 30.7. The van der Waals surface area contributed by atoms with Gasteiger partial charge in [-0.05, 0) is 96.4 Å². The monoisotopic (exact) mass is 714 g/mol. The molecule has 2 heterocycles. The second-order valence-corrected chi connectivity index (χ2v) is 15.6. The predicted molar refractivity (Wildman–Crippen MR) is 232 cm³/mol. The third-order valence-electron chi connectivity index (χ3n) is 10.1. The Balaban J connectivity index is 1.27. The molecule has 0 bridgehead atoms. The Labute approximate surface area is 317 Å². The summed E-state index contributed by atoms with van der Waals surface area (Å²) < 4.78 is 5.17. The third-order valence-corrected chi connectivity index (χ3v) is 12.4. The van der Waals surface area contributed by atoms with Crippen LogP contribution in [0.5, 0.6) is 0 Å². The molecule has 0 aliphatic rings. The highest BCUT2D eigenvalue weighted by Gasteiger charge is 2.26. The van der Waals surface area contributed by atoms with Crippen LogP contribution >= 0.6 is 22.7 Å². The van der Waals surface area contributed by atoms with Crippen molar-refractivity contribution in [3.05, 3.63) is 194 Å². The standard InChI is InChI=1S/C49H34N2S2/c1-33-29-35(34-15-5-2-6-16-34)30-44(50(36-17-7-3-8-18-36)38-25-27-42-40-21-11-13-23-45(40)52-47(42)31-38)49(33)51(37-19-9-4-10-20-37)39-26-28-43-41-22-12-14-24-46(41)53-48(43)32-39/h2-32H,1H3. The number of benzene rings is 8. The van der Waals surface area contributed by atoms with E-state index >= 15 is 0 Å². The van der Waals surface area contributed by atoms with Crippen molar-refractivity contribution in [1.29, 1.82) is 0 Å². The zero-order valence-electron chi connectivity index (χ0n) is 29.1. The van der Waals surface area contributed by atoms with E-state index in [1.807, 2.05) is 22.7 Å². The minimum absolute atomic E-state index is 1.10. The van der Waals surface area contributed by atoms with Gasteiger partial charge in [0.15, 0.2) is 0 Å². The van der Waals surface area contributed by atoms with E-state index in [2.05, 4.69) is 205 Å². The Morgan fingerprint density at radius 3 is 1.36 bits per heavy atom. The van der Waals surface area contributed by atoms with Gasteiger partial charge < -0.3 is 9.80 Å². The fourth-order valence-electron chi connectivity index (χ4n) is 7.72. The minimum Gasteiger partial charge on any atom is -0.308 e. The Morgan fingerprint density at radius 2 is 0.792 bits per heavy atom. The van der Waals surface area contributed by atoms with E-state index in [1.165, 1.54) is 57.0 Å². The van der Waals surface area contributed by atoms with E-state index in [4.69, 9.17) is 0 Å². The molecule has 2 aromatic heterocycles. The summed E-state index contributed by atoms with van der Waals surface area (Å²) in [5, 5.41) is 5.20. The van der Waals surface area contributed by atoms with Crippen molar-refractivity contribution < 1.29 is 0 Å². The number of thiophene rings is 2. The average molecular weight is 715 g/mol. The van der Waals surface area contributed by atoms with Crippen LogP contribution < -0.4 is 9.80 Å². The largest absolute Gasteiger partial charge is 0.308 e. The first-order valence-corrected chi connectivity index (χ1v) is 19.6. The van der Waals surface area contributed by atoms with Gasteiger partial charge in [-0.3, -0.25) is 0 Å². The van der Waals surface area contributed by atoms with E-state index in [0.29, 0.717) is 0 Å². The van der Waals surface area contributed by atoms with E-state index in [-0.39, 0.29) is 0 Å². The van der Waals surface area contributed by atoms with Crippen molar-refractivity contribution in [2.45, 2.75) is 6.92 Å². The molecule has 0 fully saturated rings. The van der Waals surface area contributed by atoms with Gasteiger partial charge in [0, 0.05) is 63.1 Å². The first-order valence-electron chi connectivity index (χ1n) is 17.9. The van der Waals surface area contributed by atoms with E-state index < -0.39 is 0 Å². The second-order valence-electron chi connectivity index (χ2n) is 13.4. The number of nitrogens with zero attached hydrogens (tertiary/aromatic N) is 2. The van der Waals surface area contributed by atoms with Gasteiger partial charge in [-0.2, -0.15) is 0 Å². The Hall–Kier alpha value is -6.20. The highest BCUT2D eigenvalue weighted by Crippen LogP contribution is 2.50. The molecule has 10 rings (SSSR count). The third kappa shape index (κ3) is 5.55. The number of para-hydroxylation sites is 2. The molecule has 0 radical (unpaired) electrons. The van der Waals surface area contributed by atoms with Crippen LogP contribution in [0.4, 0.5) is 34.1 Å². The topological polar surface area (TPSA) is 6.48 Å². The molecule has 252 valence electrons. The molecule has 0 spiro atoms. The van der Waals surface area contributed by atoms with Crippen molar-refractivity contribution in [2.24, 2.45) is 0 Å². The van der Waals surface area contributed by atoms with Crippen LogP contribution in [0.1, 0.15) is 5.56 Å². The van der Waals surface area contributed by atoms with Crippen LogP contribution in [0, 0.1) is 6.92 Å². The van der Waals surface area contributed by atoms with Crippen LogP contribution in [0.15, 0.2) is 188 Å². The highest BCUT2D eigenvalue weighted by molar-refractivity contribution is 7.26. The summed E-state index contributed by atoms with van der Waals surface area (Å²) >= 11 is 3.72. The summed E-state index contributed by atoms with van der Waals surface area (Å²) in [6.07, 6.45) is 0. The van der Waals surface area contributed by atoms with Crippen molar-refractivity contribution in [1.82, 2.24) is 0 Å². The average Bonchev–Trinajstić information content (AvgIpc) is 3.78. The molecular weight excluding hydrogens is 681 g/mol. The lowest BCUT2D eigenvalue weighted by molar-refractivity contribution is 1.21. The molecule has 2 nitrogen and oxygen atoms in total. The molecule has 53 heavy (non-hydrogen) atoms. The molecule has 0 aliphatic carbocycles. The lowest BCUT2D eigenvalue weighted by Crippen LogP contribution is -2.18. The maximum atomic E-state index is 2.46. The van der Waals surface area contributed by atoms with Crippen LogP contribution in [-0.2, 0) is 0 Å². The van der Waals surface area contributed by atoms with Crippen LogP contribution in [0.2, 0.25) is 0 Å². The SMILES string of the molecule is Cc1cc(-c2ccccc2)cc(N(c2ccccc2)c2ccc3c(c2)sc2ccccc23)c1N(c1ccccc1)c1ccc2c(c1)sc1ccccc12. The van der Waals surface area contributed by atoms with Gasteiger partial charge in [-0.15, -0.1) is 22.7 Å². The Kier molecular flexibility index (Phi) is 7.79. The molecule has 8 aromatic carbocycles. The van der Waals surface area contributed by atoms with Crippen molar-refractivity contribution in [3.8, 4) is 11.1 Å². The first-order chi connectivity index (χ1) is 26.2. The second kappa shape index (κ2) is 13.1. The number of aryl methyl sites for hydroxylation is 1. The first kappa shape index (κ1) is 31.5. The molecule has 0 N–H and O–H groups in total. The summed E-state index contributed by atoms with van der Waals surface area (Å²) in [6, 6.07) is 68.5. The molecule has 10 aromatic rings. The fraction of sp³-hybridized carbons (Fsp3) is 0.0204. The van der Waals surface area contributed by atoms with Gasteiger partial charge in [0.25, 0.3) is 0 Å². The van der Waals surface area contributed by atoms with Gasteiger partial charge >= 0.3 is 0 Å². The molecule has 0 atom stereocenters. The van der Waals surface area contributed by atoms with Crippen molar-refractivity contribution in [3.63, 3.8) is 0 Å². The van der Waals surface area contributed by atoms with Crippen molar-refractivity contribution in [2.75, 3.05) is 9.80 Å². The lowest BCUT2D eigenvalue weighted by atomic mass is 9.98. The summed E-state index contributed by atoms with van der Waals surface area (Å²) in [6.45, 7) is 2.26. The lowest BCUT2D eigenvalue weighted by Gasteiger charge is -2.35. The van der Waals surface area contributed by atoms with Crippen LogP contribution in [-0.4, -0.2) is 0 Å². The van der Waals surface area contributed by atoms with Crippen LogP contribution in [0.25, 0.3) is 51.5 Å². The van der Waals surface area contributed by atoms with Gasteiger partial charge in [0.2, 0.25) is 0 Å². The predicted octanol–water partition coefficient (Wildman–Crippen LogP) is 15.3.